The first kappa shape index (κ1) is 21.2. The molecule has 2 aromatic rings. The number of carbonyl (C=O) groups excluding carboxylic acids is 2. The van der Waals surface area contributed by atoms with Crippen LogP contribution < -0.4 is 5.32 Å². The van der Waals surface area contributed by atoms with Gasteiger partial charge in [0.1, 0.15) is 0 Å². The predicted molar refractivity (Wildman–Crippen MR) is 111 cm³/mol. The Labute approximate surface area is 170 Å². The summed E-state index contributed by atoms with van der Waals surface area (Å²) < 4.78 is 28.3. The van der Waals surface area contributed by atoms with Crippen LogP contribution in [0.3, 0.4) is 0 Å². The molecule has 156 valence electrons. The summed E-state index contributed by atoms with van der Waals surface area (Å²) in [5, 5.41) is 3.34. The smallest absolute Gasteiger partial charge is 0.339 e. The van der Waals surface area contributed by atoms with E-state index in [1.807, 2.05) is 31.2 Å². The molecule has 1 fully saturated rings. The molecule has 1 aliphatic heterocycles. The molecular formula is C21H26N2O5S. The third-order valence-corrected chi connectivity index (χ3v) is 6.82. The van der Waals surface area contributed by atoms with Crippen molar-refractivity contribution in [3.05, 3.63) is 41.1 Å². The third-order valence-electron chi connectivity index (χ3n) is 5.06. The third kappa shape index (κ3) is 4.93. The number of sulfone groups is 1. The van der Waals surface area contributed by atoms with Gasteiger partial charge < -0.3 is 10.1 Å². The van der Waals surface area contributed by atoms with Crippen molar-refractivity contribution in [3.63, 3.8) is 0 Å². The van der Waals surface area contributed by atoms with Crippen LogP contribution in [-0.2, 0) is 32.2 Å². The number of esters is 1. The van der Waals surface area contributed by atoms with E-state index in [0.717, 1.165) is 29.6 Å². The van der Waals surface area contributed by atoms with Gasteiger partial charge in [-0.2, -0.15) is 0 Å². The molecule has 1 N–H and O–H groups in total. The lowest BCUT2D eigenvalue weighted by molar-refractivity contribution is -0.124. The quantitative estimate of drug-likeness (QED) is 0.692. The first-order chi connectivity index (χ1) is 13.8. The molecule has 1 aromatic carbocycles. The highest BCUT2D eigenvalue weighted by atomic mass is 32.2. The average Bonchev–Trinajstić information content (AvgIpc) is 3.03. The van der Waals surface area contributed by atoms with Crippen molar-refractivity contribution in [2.75, 3.05) is 18.1 Å². The van der Waals surface area contributed by atoms with Crippen molar-refractivity contribution in [2.24, 2.45) is 0 Å². The van der Waals surface area contributed by atoms with Gasteiger partial charge in [-0.1, -0.05) is 38.5 Å². The van der Waals surface area contributed by atoms with E-state index in [2.05, 4.69) is 12.2 Å². The van der Waals surface area contributed by atoms with Gasteiger partial charge in [-0.15, -0.1) is 0 Å². The molecule has 0 bridgehead atoms. The zero-order valence-corrected chi connectivity index (χ0v) is 17.5. The predicted octanol–water partition coefficient (Wildman–Crippen LogP) is 2.21. The Bertz CT molecular complexity index is 1030. The highest BCUT2D eigenvalue weighted by Gasteiger charge is 2.29. The molecule has 1 atom stereocenters. The SMILES string of the molecule is CCCc1nc2ccccc2c(C(=O)OCC(=O)N[C@@H]2CCS(=O)(=O)C2)c1CC. The van der Waals surface area contributed by atoms with Crippen molar-refractivity contribution >= 4 is 32.6 Å². The van der Waals surface area contributed by atoms with E-state index in [-0.39, 0.29) is 11.5 Å². The minimum atomic E-state index is -3.09. The van der Waals surface area contributed by atoms with E-state index in [0.29, 0.717) is 23.8 Å². The topological polar surface area (TPSA) is 102 Å². The summed E-state index contributed by atoms with van der Waals surface area (Å²) in [6.45, 7) is 3.58. The zero-order chi connectivity index (χ0) is 21.0. The molecule has 1 aromatic heterocycles. The number of amides is 1. The highest BCUT2D eigenvalue weighted by Crippen LogP contribution is 2.26. The summed E-state index contributed by atoms with van der Waals surface area (Å²) in [6, 6.07) is 6.98. The minimum Gasteiger partial charge on any atom is -0.452 e. The van der Waals surface area contributed by atoms with Crippen LogP contribution in [0.15, 0.2) is 24.3 Å². The summed E-state index contributed by atoms with van der Waals surface area (Å²) in [7, 11) is -3.09. The second-order valence-electron chi connectivity index (χ2n) is 7.28. The number of aromatic nitrogens is 1. The number of nitrogens with zero attached hydrogens (tertiary/aromatic N) is 1. The van der Waals surface area contributed by atoms with Gasteiger partial charge in [0, 0.05) is 17.1 Å². The molecule has 1 amide bonds. The average molecular weight is 419 g/mol. The molecular weight excluding hydrogens is 392 g/mol. The number of fused-ring (bicyclic) bond motifs is 1. The van der Waals surface area contributed by atoms with Gasteiger partial charge in [-0.25, -0.2) is 13.2 Å². The number of hydrogen-bond donors (Lipinski definition) is 1. The summed E-state index contributed by atoms with van der Waals surface area (Å²) in [5.41, 5.74) is 2.90. The first-order valence-corrected chi connectivity index (χ1v) is 11.7. The van der Waals surface area contributed by atoms with Crippen LogP contribution in [0.1, 0.15) is 48.3 Å². The molecule has 0 saturated carbocycles. The van der Waals surface area contributed by atoms with Gasteiger partial charge in [0.05, 0.1) is 22.6 Å². The number of ether oxygens (including phenoxy) is 1. The Hall–Kier alpha value is -2.48. The summed E-state index contributed by atoms with van der Waals surface area (Å²) in [6.07, 6.45) is 2.67. The Balaban J connectivity index is 1.78. The van der Waals surface area contributed by atoms with Crippen LogP contribution in [-0.4, -0.2) is 49.4 Å². The van der Waals surface area contributed by atoms with Gasteiger partial charge in [0.25, 0.3) is 5.91 Å². The van der Waals surface area contributed by atoms with Crippen LogP contribution in [0.5, 0.6) is 0 Å². The van der Waals surface area contributed by atoms with E-state index in [1.165, 1.54) is 0 Å². The molecule has 0 unspecified atom stereocenters. The van der Waals surface area contributed by atoms with Crippen LogP contribution in [0.4, 0.5) is 0 Å². The first-order valence-electron chi connectivity index (χ1n) is 9.92. The maximum Gasteiger partial charge on any atom is 0.339 e. The van der Waals surface area contributed by atoms with Gasteiger partial charge in [0.15, 0.2) is 16.4 Å². The van der Waals surface area contributed by atoms with Crippen molar-refractivity contribution in [3.8, 4) is 0 Å². The maximum atomic E-state index is 12.9. The van der Waals surface area contributed by atoms with Crippen LogP contribution in [0.25, 0.3) is 10.9 Å². The van der Waals surface area contributed by atoms with Crippen LogP contribution in [0.2, 0.25) is 0 Å². The number of para-hydroxylation sites is 1. The zero-order valence-electron chi connectivity index (χ0n) is 16.7. The number of nitrogens with one attached hydrogen (secondary N) is 1. The molecule has 0 radical (unpaired) electrons. The number of carbonyl (C=O) groups is 2. The molecule has 0 aliphatic carbocycles. The summed E-state index contributed by atoms with van der Waals surface area (Å²) >= 11 is 0. The molecule has 29 heavy (non-hydrogen) atoms. The van der Waals surface area contributed by atoms with E-state index in [1.54, 1.807) is 0 Å². The van der Waals surface area contributed by atoms with E-state index < -0.39 is 34.4 Å². The number of pyridine rings is 1. The number of hydrogen-bond acceptors (Lipinski definition) is 6. The van der Waals surface area contributed by atoms with Gasteiger partial charge >= 0.3 is 5.97 Å². The molecule has 3 rings (SSSR count). The Kier molecular flexibility index (Phi) is 6.52. The Morgan fingerprint density at radius 1 is 1.24 bits per heavy atom. The van der Waals surface area contributed by atoms with Crippen molar-refractivity contribution in [1.29, 1.82) is 0 Å². The second-order valence-corrected chi connectivity index (χ2v) is 9.51. The fourth-order valence-electron chi connectivity index (χ4n) is 3.74. The number of rotatable bonds is 7. The molecule has 1 aliphatic rings. The lowest BCUT2D eigenvalue weighted by atomic mass is 9.96. The monoisotopic (exact) mass is 418 g/mol. The van der Waals surface area contributed by atoms with Gasteiger partial charge in [0.2, 0.25) is 0 Å². The summed E-state index contributed by atoms with van der Waals surface area (Å²) in [4.78, 5) is 29.8. The Morgan fingerprint density at radius 3 is 2.66 bits per heavy atom. The minimum absolute atomic E-state index is 0.0674. The number of aryl methyl sites for hydroxylation is 1. The van der Waals surface area contributed by atoms with Crippen molar-refractivity contribution in [1.82, 2.24) is 10.3 Å². The summed E-state index contributed by atoms with van der Waals surface area (Å²) in [5.74, 6) is -1.05. The van der Waals surface area contributed by atoms with E-state index >= 15 is 0 Å². The second kappa shape index (κ2) is 8.90. The van der Waals surface area contributed by atoms with Gasteiger partial charge in [-0.05, 0) is 30.9 Å². The maximum absolute atomic E-state index is 12.9. The van der Waals surface area contributed by atoms with Crippen LogP contribution in [0, 0.1) is 0 Å². The lowest BCUT2D eigenvalue weighted by Gasteiger charge is -2.16. The number of benzene rings is 1. The lowest BCUT2D eigenvalue weighted by Crippen LogP contribution is -2.38. The van der Waals surface area contributed by atoms with E-state index in [4.69, 9.17) is 9.72 Å². The van der Waals surface area contributed by atoms with Crippen LogP contribution >= 0.6 is 0 Å². The largest absolute Gasteiger partial charge is 0.452 e. The van der Waals surface area contributed by atoms with E-state index in [9.17, 15) is 18.0 Å². The fraction of sp³-hybridized carbons (Fsp3) is 0.476. The molecule has 1 saturated heterocycles. The molecule has 7 nitrogen and oxygen atoms in total. The van der Waals surface area contributed by atoms with Crippen molar-refractivity contribution in [2.45, 2.75) is 45.6 Å². The normalized spacial score (nSPS) is 17.9. The standard InChI is InChI=1S/C21H26N2O5S/c1-3-7-17-15(4-2)20(16-8-5-6-9-18(16)23-17)21(25)28-12-19(24)22-14-10-11-29(26,27)13-14/h5-6,8-9,14H,3-4,7,10-13H2,1-2H3,(H,22,24)/t14-/m1/s1. The highest BCUT2D eigenvalue weighted by molar-refractivity contribution is 7.91. The molecule has 8 heteroatoms. The molecule has 0 spiro atoms. The Morgan fingerprint density at radius 2 is 2.00 bits per heavy atom. The fourth-order valence-corrected chi connectivity index (χ4v) is 5.41. The van der Waals surface area contributed by atoms with Gasteiger partial charge in [-0.3, -0.25) is 9.78 Å². The molecule has 2 heterocycles. The van der Waals surface area contributed by atoms with Crippen molar-refractivity contribution < 1.29 is 22.7 Å².